The van der Waals surface area contributed by atoms with Crippen LogP contribution in [0.25, 0.3) is 0 Å². The minimum Gasteiger partial charge on any atom is -0.496 e. The quantitative estimate of drug-likeness (QED) is 0.836. The predicted octanol–water partition coefficient (Wildman–Crippen LogP) is 3.04. The summed E-state index contributed by atoms with van der Waals surface area (Å²) in [5, 5.41) is 0. The average molecular weight is 248 g/mol. The van der Waals surface area contributed by atoms with Gasteiger partial charge in [0.15, 0.2) is 0 Å². The van der Waals surface area contributed by atoms with E-state index in [1.54, 1.807) is 7.11 Å². The van der Waals surface area contributed by atoms with Gasteiger partial charge in [-0.25, -0.2) is 0 Å². The van der Waals surface area contributed by atoms with Crippen molar-refractivity contribution >= 4 is 5.69 Å². The highest BCUT2D eigenvalue weighted by molar-refractivity contribution is 5.47. The molecule has 100 valence electrons. The van der Waals surface area contributed by atoms with Crippen LogP contribution in [0.4, 0.5) is 5.69 Å². The molecule has 1 aromatic carbocycles. The molecule has 2 rings (SSSR count). The highest BCUT2D eigenvalue weighted by Crippen LogP contribution is 2.28. The van der Waals surface area contributed by atoms with Crippen LogP contribution in [0.1, 0.15) is 38.7 Å². The van der Waals surface area contributed by atoms with Gasteiger partial charge in [0.2, 0.25) is 0 Å². The lowest BCUT2D eigenvalue weighted by Gasteiger charge is -2.39. The molecule has 0 spiro atoms. The molecule has 1 fully saturated rings. The van der Waals surface area contributed by atoms with Crippen LogP contribution in [-0.4, -0.2) is 24.1 Å². The molecule has 1 aromatic rings. The van der Waals surface area contributed by atoms with Gasteiger partial charge < -0.3 is 10.5 Å². The number of ether oxygens (including phenoxy) is 1. The van der Waals surface area contributed by atoms with E-state index in [1.165, 1.54) is 24.8 Å². The van der Waals surface area contributed by atoms with Gasteiger partial charge in [-0.15, -0.1) is 0 Å². The number of likely N-dealkylation sites (tertiary alicyclic amines) is 1. The number of hydrogen-bond donors (Lipinski definition) is 1. The Bertz CT molecular complexity index is 395. The SMILES string of the molecule is COc1ccc(N)cc1CN1C(C)CCCC1C. The van der Waals surface area contributed by atoms with Gasteiger partial charge in [-0.3, -0.25) is 4.90 Å². The first-order valence-corrected chi connectivity index (χ1v) is 6.80. The molecule has 0 radical (unpaired) electrons. The van der Waals surface area contributed by atoms with Crippen LogP contribution in [0.5, 0.6) is 5.75 Å². The Kier molecular flexibility index (Phi) is 4.12. The first kappa shape index (κ1) is 13.2. The molecule has 1 aliphatic rings. The number of nitrogens with zero attached hydrogens (tertiary/aromatic N) is 1. The van der Waals surface area contributed by atoms with Crippen molar-refractivity contribution in [1.82, 2.24) is 4.90 Å². The third-order valence-corrected chi connectivity index (χ3v) is 4.03. The van der Waals surface area contributed by atoms with Crippen molar-refractivity contribution < 1.29 is 4.74 Å². The Morgan fingerprint density at radius 1 is 1.28 bits per heavy atom. The molecule has 2 unspecified atom stereocenters. The summed E-state index contributed by atoms with van der Waals surface area (Å²) in [7, 11) is 1.72. The zero-order valence-corrected chi connectivity index (χ0v) is 11.6. The van der Waals surface area contributed by atoms with Gasteiger partial charge in [-0.2, -0.15) is 0 Å². The Labute approximate surface area is 110 Å². The molecule has 0 aromatic heterocycles. The number of methoxy groups -OCH3 is 1. The lowest BCUT2D eigenvalue weighted by atomic mass is 9.96. The highest BCUT2D eigenvalue weighted by Gasteiger charge is 2.25. The average Bonchev–Trinajstić information content (AvgIpc) is 2.34. The summed E-state index contributed by atoms with van der Waals surface area (Å²) in [5.41, 5.74) is 7.88. The van der Waals surface area contributed by atoms with Crippen molar-refractivity contribution in [2.24, 2.45) is 0 Å². The summed E-state index contributed by atoms with van der Waals surface area (Å²) < 4.78 is 5.43. The van der Waals surface area contributed by atoms with Crippen LogP contribution >= 0.6 is 0 Å². The van der Waals surface area contributed by atoms with Crippen LogP contribution < -0.4 is 10.5 Å². The monoisotopic (exact) mass is 248 g/mol. The first-order chi connectivity index (χ1) is 8.61. The van der Waals surface area contributed by atoms with Crippen molar-refractivity contribution in [2.45, 2.75) is 51.7 Å². The van der Waals surface area contributed by atoms with Gasteiger partial charge in [0.05, 0.1) is 7.11 Å². The smallest absolute Gasteiger partial charge is 0.123 e. The maximum atomic E-state index is 5.88. The third kappa shape index (κ3) is 2.78. The zero-order chi connectivity index (χ0) is 13.1. The molecule has 2 atom stereocenters. The summed E-state index contributed by atoms with van der Waals surface area (Å²) in [6.45, 7) is 5.55. The summed E-state index contributed by atoms with van der Waals surface area (Å²) in [5.74, 6) is 0.939. The van der Waals surface area contributed by atoms with E-state index in [4.69, 9.17) is 10.5 Å². The number of hydrogen-bond acceptors (Lipinski definition) is 3. The van der Waals surface area contributed by atoms with Gasteiger partial charge in [0, 0.05) is 29.9 Å². The second-order valence-corrected chi connectivity index (χ2v) is 5.37. The lowest BCUT2D eigenvalue weighted by molar-refractivity contribution is 0.0943. The number of anilines is 1. The molecular formula is C15H24N2O. The topological polar surface area (TPSA) is 38.5 Å². The van der Waals surface area contributed by atoms with Crippen LogP contribution in [0, 0.1) is 0 Å². The molecule has 0 saturated carbocycles. The van der Waals surface area contributed by atoms with Crippen molar-refractivity contribution in [3.8, 4) is 5.75 Å². The predicted molar refractivity (Wildman–Crippen MR) is 75.7 cm³/mol. The third-order valence-electron chi connectivity index (χ3n) is 4.03. The van der Waals surface area contributed by atoms with Crippen LogP contribution in [-0.2, 0) is 6.54 Å². The maximum absolute atomic E-state index is 5.88. The van der Waals surface area contributed by atoms with Crippen LogP contribution in [0.3, 0.4) is 0 Å². The molecule has 3 nitrogen and oxygen atoms in total. The molecule has 0 aliphatic carbocycles. The van der Waals surface area contributed by atoms with Crippen molar-refractivity contribution in [3.63, 3.8) is 0 Å². The van der Waals surface area contributed by atoms with Crippen LogP contribution in [0.15, 0.2) is 18.2 Å². The van der Waals surface area contributed by atoms with E-state index < -0.39 is 0 Å². The number of nitrogen functional groups attached to an aromatic ring is 1. The first-order valence-electron chi connectivity index (χ1n) is 6.80. The van der Waals surface area contributed by atoms with E-state index in [0.29, 0.717) is 12.1 Å². The van der Waals surface area contributed by atoms with E-state index in [0.717, 1.165) is 18.0 Å². The minimum atomic E-state index is 0.639. The summed E-state index contributed by atoms with van der Waals surface area (Å²) in [6.07, 6.45) is 3.91. The molecule has 2 N–H and O–H groups in total. The number of piperidine rings is 1. The Morgan fingerprint density at radius 3 is 2.56 bits per heavy atom. The van der Waals surface area contributed by atoms with Crippen LogP contribution in [0.2, 0.25) is 0 Å². The standard InChI is InChI=1S/C15H24N2O/c1-11-5-4-6-12(2)17(11)10-13-9-14(16)7-8-15(13)18-3/h7-9,11-12H,4-6,10,16H2,1-3H3. The van der Waals surface area contributed by atoms with E-state index in [9.17, 15) is 0 Å². The largest absolute Gasteiger partial charge is 0.496 e. The normalized spacial score (nSPS) is 25.1. The summed E-state index contributed by atoms with van der Waals surface area (Å²) in [4.78, 5) is 2.56. The molecule has 0 bridgehead atoms. The Balaban J connectivity index is 2.19. The molecular weight excluding hydrogens is 224 g/mol. The van der Waals surface area contributed by atoms with Crippen molar-refractivity contribution in [3.05, 3.63) is 23.8 Å². The van der Waals surface area contributed by atoms with E-state index in [-0.39, 0.29) is 0 Å². The second kappa shape index (κ2) is 5.61. The zero-order valence-electron chi connectivity index (χ0n) is 11.6. The number of rotatable bonds is 3. The highest BCUT2D eigenvalue weighted by atomic mass is 16.5. The fourth-order valence-electron chi connectivity index (χ4n) is 2.91. The van der Waals surface area contributed by atoms with Crippen molar-refractivity contribution in [2.75, 3.05) is 12.8 Å². The summed E-state index contributed by atoms with van der Waals surface area (Å²) >= 11 is 0. The fourth-order valence-corrected chi connectivity index (χ4v) is 2.91. The molecule has 1 aliphatic heterocycles. The molecule has 3 heteroatoms. The van der Waals surface area contributed by atoms with Gasteiger partial charge in [0.1, 0.15) is 5.75 Å². The number of nitrogens with two attached hydrogens (primary N) is 1. The van der Waals surface area contributed by atoms with Gasteiger partial charge in [-0.05, 0) is 44.9 Å². The lowest BCUT2D eigenvalue weighted by Crippen LogP contribution is -2.43. The van der Waals surface area contributed by atoms with E-state index in [2.05, 4.69) is 18.7 Å². The number of benzene rings is 1. The molecule has 1 heterocycles. The molecule has 0 amide bonds. The maximum Gasteiger partial charge on any atom is 0.123 e. The van der Waals surface area contributed by atoms with E-state index in [1.807, 2.05) is 18.2 Å². The minimum absolute atomic E-state index is 0.639. The Hall–Kier alpha value is -1.22. The van der Waals surface area contributed by atoms with Gasteiger partial charge in [0.25, 0.3) is 0 Å². The van der Waals surface area contributed by atoms with Gasteiger partial charge in [-0.1, -0.05) is 6.42 Å². The summed E-state index contributed by atoms with van der Waals surface area (Å²) in [6, 6.07) is 7.17. The van der Waals surface area contributed by atoms with Gasteiger partial charge >= 0.3 is 0 Å². The Morgan fingerprint density at radius 2 is 1.94 bits per heavy atom. The molecule has 18 heavy (non-hydrogen) atoms. The second-order valence-electron chi connectivity index (χ2n) is 5.37. The van der Waals surface area contributed by atoms with Crippen molar-refractivity contribution in [1.29, 1.82) is 0 Å². The van der Waals surface area contributed by atoms with E-state index >= 15 is 0 Å². The fraction of sp³-hybridized carbons (Fsp3) is 0.600. The molecule has 1 saturated heterocycles.